The fourth-order valence-corrected chi connectivity index (χ4v) is 3.17. The number of hydrogen-bond donors (Lipinski definition) is 1. The molecule has 1 aromatic carbocycles. The summed E-state index contributed by atoms with van der Waals surface area (Å²) < 4.78 is 0. The lowest BCUT2D eigenvalue weighted by Gasteiger charge is -2.26. The second kappa shape index (κ2) is 7.46. The summed E-state index contributed by atoms with van der Waals surface area (Å²) in [7, 11) is 0. The molecule has 0 bridgehead atoms. The van der Waals surface area contributed by atoms with Crippen molar-refractivity contribution in [3.63, 3.8) is 0 Å². The maximum Gasteiger partial charge on any atom is 0.222 e. The molecule has 1 fully saturated rings. The molecule has 2 rings (SSSR count). The number of carbonyl (C=O) groups excluding carboxylic acids is 1. The van der Waals surface area contributed by atoms with Crippen molar-refractivity contribution in [2.45, 2.75) is 39.2 Å². The van der Waals surface area contributed by atoms with Crippen molar-refractivity contribution in [3.05, 3.63) is 29.8 Å². The van der Waals surface area contributed by atoms with Crippen molar-refractivity contribution in [1.82, 2.24) is 9.80 Å². The van der Waals surface area contributed by atoms with Crippen LogP contribution in [0.4, 0.5) is 5.69 Å². The van der Waals surface area contributed by atoms with E-state index >= 15 is 0 Å². The largest absolute Gasteiger partial charge is 0.399 e. The lowest BCUT2D eigenvalue weighted by Crippen LogP contribution is -2.38. The van der Waals surface area contributed by atoms with E-state index in [0.29, 0.717) is 12.5 Å². The number of para-hydroxylation sites is 1. The molecule has 1 heterocycles. The van der Waals surface area contributed by atoms with Crippen LogP contribution in [0, 0.1) is 0 Å². The molecule has 1 aromatic rings. The van der Waals surface area contributed by atoms with Gasteiger partial charge in [-0.15, -0.1) is 0 Å². The highest BCUT2D eigenvalue weighted by Gasteiger charge is 2.28. The Morgan fingerprint density at radius 3 is 2.71 bits per heavy atom. The summed E-state index contributed by atoms with van der Waals surface area (Å²) in [4.78, 5) is 16.8. The summed E-state index contributed by atoms with van der Waals surface area (Å²) in [5, 5.41) is 0. The minimum Gasteiger partial charge on any atom is -0.399 e. The number of nitrogens with zero attached hydrogens (tertiary/aromatic N) is 2. The van der Waals surface area contributed by atoms with Gasteiger partial charge in [0.2, 0.25) is 5.91 Å². The van der Waals surface area contributed by atoms with E-state index in [0.717, 1.165) is 50.3 Å². The van der Waals surface area contributed by atoms with Gasteiger partial charge in [0, 0.05) is 31.2 Å². The molecule has 1 saturated heterocycles. The normalized spacial score (nSPS) is 18.4. The third-order valence-corrected chi connectivity index (χ3v) is 4.51. The smallest absolute Gasteiger partial charge is 0.222 e. The van der Waals surface area contributed by atoms with Crippen molar-refractivity contribution in [2.24, 2.45) is 0 Å². The molecular formula is C17H27N3O. The van der Waals surface area contributed by atoms with Gasteiger partial charge in [0.15, 0.2) is 0 Å². The Hall–Kier alpha value is -1.55. The van der Waals surface area contributed by atoms with Gasteiger partial charge in [0.05, 0.1) is 0 Å². The van der Waals surface area contributed by atoms with Crippen LogP contribution in [0.5, 0.6) is 0 Å². The van der Waals surface area contributed by atoms with Gasteiger partial charge in [-0.2, -0.15) is 0 Å². The van der Waals surface area contributed by atoms with Crippen molar-refractivity contribution >= 4 is 11.6 Å². The predicted octanol–water partition coefficient (Wildman–Crippen LogP) is 2.14. The SMILES string of the molecule is CCN(CC)C1CCN(C(=O)CCc2ccccc2N)C1. The van der Waals surface area contributed by atoms with Gasteiger partial charge in [-0.1, -0.05) is 32.0 Å². The predicted molar refractivity (Wildman–Crippen MR) is 87.1 cm³/mol. The minimum atomic E-state index is 0.257. The average Bonchev–Trinajstić information content (AvgIpc) is 2.97. The van der Waals surface area contributed by atoms with E-state index in [4.69, 9.17) is 5.73 Å². The van der Waals surface area contributed by atoms with Crippen LogP contribution >= 0.6 is 0 Å². The molecule has 0 radical (unpaired) electrons. The van der Waals surface area contributed by atoms with E-state index in [1.54, 1.807) is 0 Å². The number of nitrogen functional groups attached to an aromatic ring is 1. The van der Waals surface area contributed by atoms with E-state index < -0.39 is 0 Å². The zero-order valence-corrected chi connectivity index (χ0v) is 13.2. The average molecular weight is 289 g/mol. The number of likely N-dealkylation sites (N-methyl/N-ethyl adjacent to an activating group) is 1. The van der Waals surface area contributed by atoms with Crippen molar-refractivity contribution < 1.29 is 4.79 Å². The van der Waals surface area contributed by atoms with Crippen molar-refractivity contribution in [2.75, 3.05) is 31.9 Å². The van der Waals surface area contributed by atoms with E-state index in [-0.39, 0.29) is 5.91 Å². The number of carbonyl (C=O) groups is 1. The Morgan fingerprint density at radius 2 is 2.05 bits per heavy atom. The number of benzene rings is 1. The highest BCUT2D eigenvalue weighted by molar-refractivity contribution is 5.77. The Balaban J connectivity index is 1.84. The van der Waals surface area contributed by atoms with Gasteiger partial charge in [0.25, 0.3) is 0 Å². The topological polar surface area (TPSA) is 49.6 Å². The number of likely N-dealkylation sites (tertiary alicyclic amines) is 1. The van der Waals surface area contributed by atoms with Crippen LogP contribution in [0.2, 0.25) is 0 Å². The Bertz CT molecular complexity index is 471. The fraction of sp³-hybridized carbons (Fsp3) is 0.588. The summed E-state index contributed by atoms with van der Waals surface area (Å²) in [5.41, 5.74) is 7.79. The third-order valence-electron chi connectivity index (χ3n) is 4.51. The number of nitrogens with two attached hydrogens (primary N) is 1. The van der Waals surface area contributed by atoms with Crippen LogP contribution in [0.25, 0.3) is 0 Å². The summed E-state index contributed by atoms with van der Waals surface area (Å²) >= 11 is 0. The first-order valence-electron chi connectivity index (χ1n) is 8.00. The van der Waals surface area contributed by atoms with E-state index in [2.05, 4.69) is 18.7 Å². The minimum absolute atomic E-state index is 0.257. The van der Waals surface area contributed by atoms with Gasteiger partial charge in [-0.05, 0) is 37.6 Å². The Labute approximate surface area is 127 Å². The zero-order chi connectivity index (χ0) is 15.2. The van der Waals surface area contributed by atoms with Gasteiger partial charge in [0.1, 0.15) is 0 Å². The molecule has 1 atom stereocenters. The van der Waals surface area contributed by atoms with Gasteiger partial charge >= 0.3 is 0 Å². The maximum atomic E-state index is 12.3. The first kappa shape index (κ1) is 15.8. The van der Waals surface area contributed by atoms with Crippen LogP contribution in [0.15, 0.2) is 24.3 Å². The molecule has 2 N–H and O–H groups in total. The summed E-state index contributed by atoms with van der Waals surface area (Å²) in [6, 6.07) is 8.33. The molecule has 0 spiro atoms. The standard InChI is InChI=1S/C17H27N3O/c1-3-19(4-2)15-11-12-20(13-15)17(21)10-9-14-7-5-6-8-16(14)18/h5-8,15H,3-4,9-13,18H2,1-2H3. The molecule has 1 aliphatic heterocycles. The highest BCUT2D eigenvalue weighted by Crippen LogP contribution is 2.18. The quantitative estimate of drug-likeness (QED) is 0.816. The van der Waals surface area contributed by atoms with Gasteiger partial charge < -0.3 is 10.6 Å². The van der Waals surface area contributed by atoms with E-state index in [1.807, 2.05) is 29.2 Å². The summed E-state index contributed by atoms with van der Waals surface area (Å²) in [5.74, 6) is 0.257. The molecule has 1 aliphatic rings. The third kappa shape index (κ3) is 3.97. The summed E-state index contributed by atoms with van der Waals surface area (Å²) in [6.07, 6.45) is 2.39. The van der Waals surface area contributed by atoms with Crippen LogP contribution < -0.4 is 5.73 Å². The first-order chi connectivity index (χ1) is 10.2. The molecule has 4 heteroatoms. The molecular weight excluding hydrogens is 262 g/mol. The van der Waals surface area contributed by atoms with Crippen LogP contribution in [0.1, 0.15) is 32.3 Å². The second-order valence-corrected chi connectivity index (χ2v) is 5.70. The fourth-order valence-electron chi connectivity index (χ4n) is 3.17. The Morgan fingerprint density at radius 1 is 1.33 bits per heavy atom. The summed E-state index contributed by atoms with van der Waals surface area (Å²) in [6.45, 7) is 8.26. The zero-order valence-electron chi connectivity index (χ0n) is 13.2. The van der Waals surface area contributed by atoms with E-state index in [1.165, 1.54) is 0 Å². The first-order valence-corrected chi connectivity index (χ1v) is 8.00. The number of aryl methyl sites for hydroxylation is 1. The second-order valence-electron chi connectivity index (χ2n) is 5.70. The van der Waals surface area contributed by atoms with Gasteiger partial charge in [-0.25, -0.2) is 0 Å². The van der Waals surface area contributed by atoms with Crippen LogP contribution in [-0.4, -0.2) is 47.9 Å². The number of rotatable bonds is 6. The molecule has 0 aromatic heterocycles. The molecule has 116 valence electrons. The van der Waals surface area contributed by atoms with Crippen LogP contribution in [-0.2, 0) is 11.2 Å². The van der Waals surface area contributed by atoms with Gasteiger partial charge in [-0.3, -0.25) is 9.69 Å². The number of anilines is 1. The lowest BCUT2D eigenvalue weighted by molar-refractivity contribution is -0.130. The number of hydrogen-bond acceptors (Lipinski definition) is 3. The molecule has 1 amide bonds. The molecule has 0 saturated carbocycles. The van der Waals surface area contributed by atoms with E-state index in [9.17, 15) is 4.79 Å². The van der Waals surface area contributed by atoms with Crippen LogP contribution in [0.3, 0.4) is 0 Å². The molecule has 4 nitrogen and oxygen atoms in total. The Kier molecular flexibility index (Phi) is 5.62. The molecule has 0 aliphatic carbocycles. The molecule has 1 unspecified atom stereocenters. The monoisotopic (exact) mass is 289 g/mol. The lowest BCUT2D eigenvalue weighted by atomic mass is 10.1. The number of amides is 1. The highest BCUT2D eigenvalue weighted by atomic mass is 16.2. The molecule has 21 heavy (non-hydrogen) atoms. The van der Waals surface area contributed by atoms with Crippen molar-refractivity contribution in [1.29, 1.82) is 0 Å². The maximum absolute atomic E-state index is 12.3. The van der Waals surface area contributed by atoms with Crippen molar-refractivity contribution in [3.8, 4) is 0 Å².